The molecule has 0 saturated carbocycles. The number of aromatic amines is 4. The summed E-state index contributed by atoms with van der Waals surface area (Å²) in [6.45, 7) is 0. The minimum absolute atomic E-state index is 0. The van der Waals surface area contributed by atoms with E-state index in [1.165, 1.54) is 0 Å². The van der Waals surface area contributed by atoms with Gasteiger partial charge < -0.3 is 57.2 Å². The predicted molar refractivity (Wildman–Crippen MR) is 194 cm³/mol. The molecule has 0 unspecified atom stereocenters. The van der Waals surface area contributed by atoms with Gasteiger partial charge in [0, 0.05) is 66.5 Å². The fourth-order valence-corrected chi connectivity index (χ4v) is 6.99. The van der Waals surface area contributed by atoms with Crippen LogP contribution >= 0.6 is 0 Å². The van der Waals surface area contributed by atoms with E-state index < -0.39 is 0 Å². The van der Waals surface area contributed by atoms with Crippen molar-refractivity contribution in [3.63, 3.8) is 0 Å². The van der Waals surface area contributed by atoms with E-state index in [4.69, 9.17) is 0 Å². The second-order valence-corrected chi connectivity index (χ2v) is 12.1. The molecule has 4 aromatic heterocycles. The molecule has 0 aliphatic carbocycles. The van der Waals surface area contributed by atoms with Crippen molar-refractivity contribution >= 4 is 22.3 Å². The van der Waals surface area contributed by atoms with Crippen LogP contribution in [0.5, 0.6) is 0 Å². The monoisotopic (exact) mass is 777 g/mol. The quantitative estimate of drug-likeness (QED) is 0.141. The van der Waals surface area contributed by atoms with Crippen LogP contribution < -0.4 is 58.6 Å². The van der Waals surface area contributed by atoms with E-state index in [-0.39, 0.29) is 54.3 Å². The van der Waals surface area contributed by atoms with Gasteiger partial charge in [-0.1, -0.05) is 121 Å². The van der Waals surface area contributed by atoms with Gasteiger partial charge in [-0.05, 0) is 70.8 Å². The molecule has 52 heavy (non-hydrogen) atoms. The number of aromatic nitrogens is 4. The van der Waals surface area contributed by atoms with Crippen molar-refractivity contribution in [1.82, 2.24) is 19.9 Å². The zero-order valence-corrected chi connectivity index (χ0v) is 31.0. The van der Waals surface area contributed by atoms with E-state index in [1.807, 2.05) is 0 Å². The molecule has 5 heterocycles. The van der Waals surface area contributed by atoms with Crippen molar-refractivity contribution in [3.8, 4) is 0 Å². The standard InChI is InChI=1S/C44H32N4.3ClH.Fe/c1-5-13-29(14-6-1)41-33-21-23-35(45-33)42(30-15-7-2-8-16-30)37-25-27-39(47-37)44(32-19-11-4-12-20-32)40-28-26-38(48-40)43(31-17-9-3-10-18-31)36-24-22-34(41)46-36;;;;/h1-28,45-48H;3*1H;/q;;;;+3/p-3. The van der Waals surface area contributed by atoms with E-state index in [1.54, 1.807) is 0 Å². The third-order valence-electron chi connectivity index (χ3n) is 9.15. The molecule has 8 bridgehead atoms. The first-order chi connectivity index (χ1) is 23.8. The van der Waals surface area contributed by atoms with Crippen LogP contribution in [0.25, 0.3) is 22.3 Å². The van der Waals surface area contributed by atoms with Crippen LogP contribution in [-0.2, 0) is 17.1 Å². The van der Waals surface area contributed by atoms with Crippen molar-refractivity contribution < 1.29 is 54.3 Å². The van der Waals surface area contributed by atoms with Crippen molar-refractivity contribution in [2.45, 2.75) is 0 Å². The molecule has 0 spiro atoms. The van der Waals surface area contributed by atoms with Crippen LogP contribution in [0.2, 0.25) is 0 Å². The number of halogens is 3. The van der Waals surface area contributed by atoms with Gasteiger partial charge >= 0.3 is 17.1 Å². The van der Waals surface area contributed by atoms with E-state index in [2.05, 4.69) is 190 Å². The molecule has 9 rings (SSSR count). The summed E-state index contributed by atoms with van der Waals surface area (Å²) in [5.41, 5.74) is 13.1. The van der Waals surface area contributed by atoms with Crippen molar-refractivity contribution in [2.24, 2.45) is 0 Å². The molecular weight excluding hydrogens is 747 g/mol. The average molecular weight is 779 g/mol. The number of rotatable bonds is 4. The Morgan fingerprint density at radius 2 is 0.442 bits per heavy atom. The molecule has 0 amide bonds. The Kier molecular flexibility index (Phi) is 12.1. The molecule has 4 nitrogen and oxygen atoms in total. The number of hydrogen-bond donors (Lipinski definition) is 4. The summed E-state index contributed by atoms with van der Waals surface area (Å²) in [5, 5.41) is 4.16. The maximum absolute atomic E-state index is 3.84. The Morgan fingerprint density at radius 1 is 0.231 bits per heavy atom. The van der Waals surface area contributed by atoms with Gasteiger partial charge in [-0.3, -0.25) is 0 Å². The maximum atomic E-state index is 3.84. The fraction of sp³-hybridized carbons (Fsp3) is 0. The molecule has 0 atom stereocenters. The summed E-state index contributed by atoms with van der Waals surface area (Å²) in [4.78, 5) is 15.4. The molecule has 4 N–H and O–H groups in total. The maximum Gasteiger partial charge on any atom is 3.00 e. The van der Waals surface area contributed by atoms with Gasteiger partial charge in [-0.2, -0.15) is 0 Å². The number of benzene rings is 4. The van der Waals surface area contributed by atoms with Crippen molar-refractivity contribution in [2.75, 3.05) is 0 Å². The molecule has 8 heteroatoms. The molecule has 4 aromatic carbocycles. The number of H-pyrrole nitrogens is 4. The minimum atomic E-state index is 0. The molecule has 257 valence electrons. The number of fused-ring (bicyclic) bond motifs is 8. The molecule has 1 radical (unpaired) electrons. The topological polar surface area (TPSA) is 63.2 Å². The number of nitrogens with one attached hydrogen (secondary N) is 4. The van der Waals surface area contributed by atoms with Gasteiger partial charge in [0.05, 0.1) is 0 Å². The summed E-state index contributed by atoms with van der Waals surface area (Å²) >= 11 is 0. The summed E-state index contributed by atoms with van der Waals surface area (Å²) in [6.07, 6.45) is 0. The van der Waals surface area contributed by atoms with Gasteiger partial charge in [-0.25, -0.2) is 0 Å². The summed E-state index contributed by atoms with van der Waals surface area (Å²) < 4.78 is 0. The summed E-state index contributed by atoms with van der Waals surface area (Å²) in [6, 6.07) is 60.0. The van der Waals surface area contributed by atoms with Crippen LogP contribution in [0.1, 0.15) is 45.0 Å². The van der Waals surface area contributed by atoms with Crippen LogP contribution in [0.4, 0.5) is 0 Å². The van der Waals surface area contributed by atoms with E-state index in [9.17, 15) is 0 Å². The molecule has 0 saturated heterocycles. The van der Waals surface area contributed by atoms with Gasteiger partial charge in [0.15, 0.2) is 0 Å². The SMILES string of the molecule is [Cl-].[Cl-].[Cl-].[Fe+3].c1ccc(C2=c3ccc([nH]3)=C(c3ccccc3)c3ccc([nH]3)C(c3ccccc3)=c3ccc([nH]3)=C(c3ccccc3)c3ccc2[nH]3)cc1. The Bertz CT molecular complexity index is 2290. The third-order valence-corrected chi connectivity index (χ3v) is 9.15. The first kappa shape index (κ1) is 38.1. The second kappa shape index (κ2) is 16.5. The van der Waals surface area contributed by atoms with Gasteiger partial charge in [0.1, 0.15) is 0 Å². The first-order valence-electron chi connectivity index (χ1n) is 16.3. The minimum Gasteiger partial charge on any atom is -1.00 e. The van der Waals surface area contributed by atoms with E-state index in [0.29, 0.717) is 0 Å². The smallest absolute Gasteiger partial charge is 1.00 e. The predicted octanol–water partition coefficient (Wildman–Crippen LogP) is -2.69. The zero-order chi connectivity index (χ0) is 31.9. The van der Waals surface area contributed by atoms with Gasteiger partial charge in [0.25, 0.3) is 0 Å². The summed E-state index contributed by atoms with van der Waals surface area (Å²) in [5.74, 6) is 0. The van der Waals surface area contributed by atoms with Gasteiger partial charge in [-0.15, -0.1) is 0 Å². The summed E-state index contributed by atoms with van der Waals surface area (Å²) in [7, 11) is 0. The Hall–Kier alpha value is -5.13. The molecule has 8 aromatic rings. The Morgan fingerprint density at radius 3 is 0.654 bits per heavy atom. The fourth-order valence-electron chi connectivity index (χ4n) is 6.99. The first-order valence-corrected chi connectivity index (χ1v) is 16.3. The zero-order valence-electron chi connectivity index (χ0n) is 27.7. The number of hydrogen-bond acceptors (Lipinski definition) is 0. The largest absolute Gasteiger partial charge is 3.00 e. The second-order valence-electron chi connectivity index (χ2n) is 12.1. The van der Waals surface area contributed by atoms with E-state index >= 15 is 0 Å². The van der Waals surface area contributed by atoms with E-state index in [0.717, 1.165) is 88.7 Å². The molecule has 0 fully saturated rings. The molecule has 1 aliphatic heterocycles. The molecule has 1 aliphatic rings. The average Bonchev–Trinajstić information content (AvgIpc) is 3.98. The van der Waals surface area contributed by atoms with Crippen LogP contribution in [0.15, 0.2) is 170 Å². The Balaban J connectivity index is 0.00000131. The molecular formula is C44H32Cl3FeN4. The normalized spacial score (nSPS) is 11.8. The van der Waals surface area contributed by atoms with Gasteiger partial charge in [0.2, 0.25) is 0 Å². The van der Waals surface area contributed by atoms with Crippen molar-refractivity contribution in [1.29, 1.82) is 0 Å². The third kappa shape index (κ3) is 7.03. The van der Waals surface area contributed by atoms with Crippen LogP contribution in [0, 0.1) is 0 Å². The van der Waals surface area contributed by atoms with Crippen LogP contribution in [0.3, 0.4) is 0 Å². The van der Waals surface area contributed by atoms with Crippen LogP contribution in [-0.4, -0.2) is 19.9 Å². The Labute approximate surface area is 330 Å². The van der Waals surface area contributed by atoms with Crippen molar-refractivity contribution in [3.05, 3.63) is 236 Å².